The lowest BCUT2D eigenvalue weighted by molar-refractivity contribution is 0.0577. The molecule has 3 rings (SSSR count). The zero-order valence-corrected chi connectivity index (χ0v) is 14.5. The first-order valence-corrected chi connectivity index (χ1v) is 8.25. The molecule has 0 fully saturated rings. The number of fused-ring (bicyclic) bond motifs is 1. The largest absolute Gasteiger partial charge is 0.486 e. The van der Waals surface area contributed by atoms with Crippen molar-refractivity contribution in [1.82, 2.24) is 14.9 Å². The average Bonchev–Trinajstić information content (AvgIpc) is 2.61. The topological polar surface area (TPSA) is 50.7 Å². The molecular weight excluding hydrogens is 304 g/mol. The quantitative estimate of drug-likeness (QED) is 0.810. The van der Waals surface area contributed by atoms with Gasteiger partial charge in [-0.15, -0.1) is 0 Å². The van der Waals surface area contributed by atoms with Gasteiger partial charge in [0.05, 0.1) is 5.69 Å². The number of ether oxygens (including phenoxy) is 2. The third-order valence-corrected chi connectivity index (χ3v) is 3.96. The maximum absolute atomic E-state index is 6.06. The Morgan fingerprint density at radius 2 is 1.96 bits per heavy atom. The van der Waals surface area contributed by atoms with Crippen molar-refractivity contribution >= 4 is 5.95 Å². The Balaban J connectivity index is 1.62. The van der Waals surface area contributed by atoms with Gasteiger partial charge in [-0.1, -0.05) is 19.1 Å². The van der Waals surface area contributed by atoms with Crippen molar-refractivity contribution in [3.63, 3.8) is 0 Å². The van der Waals surface area contributed by atoms with Crippen LogP contribution < -0.4 is 14.4 Å². The highest BCUT2D eigenvalue weighted by molar-refractivity contribution is 5.40. The molecule has 2 aromatic rings. The molecule has 6 heteroatoms. The number of hydrogen-bond donors (Lipinski definition) is 0. The zero-order valence-electron chi connectivity index (χ0n) is 14.5. The maximum Gasteiger partial charge on any atom is 0.225 e. The van der Waals surface area contributed by atoms with Crippen LogP contribution in [-0.4, -0.2) is 54.8 Å². The van der Waals surface area contributed by atoms with Gasteiger partial charge in [0.15, 0.2) is 11.5 Å². The Morgan fingerprint density at radius 1 is 1.17 bits per heavy atom. The van der Waals surface area contributed by atoms with Gasteiger partial charge in [0.2, 0.25) is 5.95 Å². The number of rotatable bonds is 6. The second-order valence-corrected chi connectivity index (χ2v) is 6.07. The summed E-state index contributed by atoms with van der Waals surface area (Å²) in [6.07, 6.45) is 1.83. The number of para-hydroxylation sites is 2. The van der Waals surface area contributed by atoms with Crippen LogP contribution in [0, 0.1) is 0 Å². The fourth-order valence-electron chi connectivity index (χ4n) is 2.66. The third kappa shape index (κ3) is 3.94. The minimum absolute atomic E-state index is 0.0232. The molecule has 1 aromatic heterocycles. The average molecular weight is 328 g/mol. The van der Waals surface area contributed by atoms with Crippen LogP contribution in [0.1, 0.15) is 12.6 Å². The number of likely N-dealkylation sites (N-methyl/N-ethyl adjacent to an activating group) is 1. The van der Waals surface area contributed by atoms with E-state index in [1.165, 1.54) is 0 Å². The van der Waals surface area contributed by atoms with E-state index in [1.54, 1.807) is 0 Å². The fourth-order valence-corrected chi connectivity index (χ4v) is 2.66. The smallest absolute Gasteiger partial charge is 0.225 e. The summed E-state index contributed by atoms with van der Waals surface area (Å²) in [7, 11) is 3.89. The van der Waals surface area contributed by atoms with Crippen LogP contribution in [-0.2, 0) is 6.54 Å². The first-order chi connectivity index (χ1) is 11.7. The lowest BCUT2D eigenvalue weighted by atomic mass is 10.2. The predicted molar refractivity (Wildman–Crippen MR) is 93.7 cm³/mol. The monoisotopic (exact) mass is 328 g/mol. The summed E-state index contributed by atoms with van der Waals surface area (Å²) >= 11 is 0. The van der Waals surface area contributed by atoms with E-state index in [4.69, 9.17) is 9.47 Å². The van der Waals surface area contributed by atoms with Crippen LogP contribution in [0.2, 0.25) is 0 Å². The van der Waals surface area contributed by atoms with Crippen molar-refractivity contribution in [3.05, 3.63) is 42.2 Å². The van der Waals surface area contributed by atoms with E-state index < -0.39 is 0 Å². The lowest BCUT2D eigenvalue weighted by Gasteiger charge is -2.30. The van der Waals surface area contributed by atoms with Crippen LogP contribution in [0.5, 0.6) is 11.5 Å². The van der Waals surface area contributed by atoms with Crippen molar-refractivity contribution in [2.24, 2.45) is 0 Å². The van der Waals surface area contributed by atoms with Gasteiger partial charge in [0.1, 0.15) is 12.7 Å². The zero-order chi connectivity index (χ0) is 16.9. The van der Waals surface area contributed by atoms with Crippen LogP contribution in [0.4, 0.5) is 5.95 Å². The molecule has 1 aliphatic rings. The molecule has 0 bridgehead atoms. The number of nitrogens with zero attached hydrogens (tertiary/aromatic N) is 4. The molecule has 24 heavy (non-hydrogen) atoms. The van der Waals surface area contributed by atoms with E-state index in [2.05, 4.69) is 21.8 Å². The van der Waals surface area contributed by atoms with Crippen molar-refractivity contribution in [2.45, 2.75) is 19.6 Å². The molecule has 6 nitrogen and oxygen atoms in total. The summed E-state index contributed by atoms with van der Waals surface area (Å²) < 4.78 is 11.9. The summed E-state index contributed by atoms with van der Waals surface area (Å²) in [6.45, 7) is 5.20. The fraction of sp³-hybridized carbons (Fsp3) is 0.444. The van der Waals surface area contributed by atoms with Crippen LogP contribution in [0.15, 0.2) is 36.5 Å². The van der Waals surface area contributed by atoms with Crippen LogP contribution in [0.25, 0.3) is 0 Å². The van der Waals surface area contributed by atoms with Gasteiger partial charge in [-0.25, -0.2) is 9.97 Å². The highest BCUT2D eigenvalue weighted by atomic mass is 16.6. The van der Waals surface area contributed by atoms with E-state index in [-0.39, 0.29) is 6.10 Å². The van der Waals surface area contributed by atoms with E-state index in [9.17, 15) is 0 Å². The summed E-state index contributed by atoms with van der Waals surface area (Å²) in [5.74, 6) is 2.37. The van der Waals surface area contributed by atoms with Gasteiger partial charge in [-0.3, -0.25) is 4.90 Å². The Bertz CT molecular complexity index is 678. The number of hydrogen-bond acceptors (Lipinski definition) is 6. The summed E-state index contributed by atoms with van der Waals surface area (Å²) in [6, 6.07) is 9.77. The van der Waals surface area contributed by atoms with Gasteiger partial charge < -0.3 is 14.4 Å². The first kappa shape index (κ1) is 16.5. The lowest BCUT2D eigenvalue weighted by Crippen LogP contribution is -2.40. The van der Waals surface area contributed by atoms with Gasteiger partial charge in [0.25, 0.3) is 0 Å². The normalized spacial score (nSPS) is 16.2. The third-order valence-electron chi connectivity index (χ3n) is 3.96. The van der Waals surface area contributed by atoms with E-state index in [0.717, 1.165) is 42.8 Å². The van der Waals surface area contributed by atoms with Gasteiger partial charge in [-0.2, -0.15) is 0 Å². The number of benzene rings is 1. The molecular formula is C18H24N4O2. The molecule has 0 aliphatic carbocycles. The van der Waals surface area contributed by atoms with Crippen molar-refractivity contribution < 1.29 is 9.47 Å². The summed E-state index contributed by atoms with van der Waals surface area (Å²) in [4.78, 5) is 13.1. The van der Waals surface area contributed by atoms with E-state index >= 15 is 0 Å². The minimum atomic E-state index is 0.0232. The Morgan fingerprint density at radius 3 is 2.71 bits per heavy atom. The summed E-state index contributed by atoms with van der Waals surface area (Å²) in [5, 5.41) is 0. The SMILES string of the molecule is CCN(Cc1ccnc(N(C)C)n1)C[C@H]1COc2ccccc2O1. The summed E-state index contributed by atoms with van der Waals surface area (Å²) in [5.41, 5.74) is 1.01. The van der Waals surface area contributed by atoms with Gasteiger partial charge in [-0.05, 0) is 24.7 Å². The van der Waals surface area contributed by atoms with Gasteiger partial charge >= 0.3 is 0 Å². The highest BCUT2D eigenvalue weighted by Gasteiger charge is 2.22. The molecule has 0 saturated carbocycles. The molecule has 0 unspecified atom stereocenters. The molecule has 0 amide bonds. The molecule has 1 aromatic carbocycles. The van der Waals surface area contributed by atoms with Crippen LogP contribution >= 0.6 is 0 Å². The van der Waals surface area contributed by atoms with Crippen molar-refractivity contribution in [2.75, 3.05) is 38.7 Å². The molecule has 0 spiro atoms. The minimum Gasteiger partial charge on any atom is -0.486 e. The predicted octanol–water partition coefficient (Wildman–Crippen LogP) is 2.20. The molecule has 0 radical (unpaired) electrons. The van der Waals surface area contributed by atoms with Crippen molar-refractivity contribution in [1.29, 1.82) is 0 Å². The molecule has 2 heterocycles. The maximum atomic E-state index is 6.06. The molecule has 1 aliphatic heterocycles. The molecule has 1 atom stereocenters. The van der Waals surface area contributed by atoms with Crippen molar-refractivity contribution in [3.8, 4) is 11.5 Å². The number of anilines is 1. The van der Waals surface area contributed by atoms with E-state index in [1.807, 2.05) is 55.5 Å². The van der Waals surface area contributed by atoms with E-state index in [0.29, 0.717) is 6.61 Å². The first-order valence-electron chi connectivity index (χ1n) is 8.25. The number of aromatic nitrogens is 2. The van der Waals surface area contributed by atoms with Crippen LogP contribution in [0.3, 0.4) is 0 Å². The Kier molecular flexibility index (Phi) is 5.15. The molecule has 0 N–H and O–H groups in total. The molecule has 0 saturated heterocycles. The Hall–Kier alpha value is -2.34. The second-order valence-electron chi connectivity index (χ2n) is 6.07. The second kappa shape index (κ2) is 7.49. The standard InChI is InChI=1S/C18H24N4O2/c1-4-22(11-14-9-10-19-18(20-14)21(2)3)12-15-13-23-16-7-5-6-8-17(16)24-15/h5-10,15H,4,11-13H2,1-3H3/t15-/m0/s1. The Labute approximate surface area is 143 Å². The van der Waals surface area contributed by atoms with Gasteiger partial charge in [0, 0.05) is 33.4 Å². The molecule has 128 valence electrons. The highest BCUT2D eigenvalue weighted by Crippen LogP contribution is 2.31.